The van der Waals surface area contributed by atoms with Crippen molar-refractivity contribution >= 4 is 23.0 Å². The minimum Gasteiger partial charge on any atom is -0.373 e. The number of nitrogens with one attached hydrogen (secondary N) is 1. The van der Waals surface area contributed by atoms with Crippen molar-refractivity contribution in [3.8, 4) is 0 Å². The number of thiophene rings is 1. The number of hydrogen-bond acceptors (Lipinski definition) is 5. The lowest BCUT2D eigenvalue weighted by atomic mass is 10.1. The highest BCUT2D eigenvalue weighted by Gasteiger charge is 2.16. The number of hydrogen-bond donors (Lipinski definition) is 1. The molecule has 4 nitrogen and oxygen atoms in total. The molecule has 1 N–H and O–H groups in total. The summed E-state index contributed by atoms with van der Waals surface area (Å²) in [6, 6.07) is 4.68. The highest BCUT2D eigenvalue weighted by Crippen LogP contribution is 2.24. The maximum Gasteiger partial charge on any atom is 0.137 e. The molecule has 1 unspecified atom stereocenters. The van der Waals surface area contributed by atoms with Crippen molar-refractivity contribution in [1.29, 1.82) is 0 Å². The summed E-state index contributed by atoms with van der Waals surface area (Å²) in [4.78, 5) is 12.3. The molecule has 0 saturated carbocycles. The van der Waals surface area contributed by atoms with E-state index in [1.165, 1.54) is 4.88 Å². The zero-order chi connectivity index (χ0) is 13.8. The van der Waals surface area contributed by atoms with Crippen LogP contribution in [0.2, 0.25) is 0 Å². The first-order chi connectivity index (χ1) is 9.13. The van der Waals surface area contributed by atoms with E-state index in [-0.39, 0.29) is 0 Å². The van der Waals surface area contributed by atoms with E-state index >= 15 is 0 Å². The molecular weight excluding hydrogens is 256 g/mol. The summed E-state index contributed by atoms with van der Waals surface area (Å²) in [6.07, 6.45) is 2.65. The van der Waals surface area contributed by atoms with Gasteiger partial charge in [0.15, 0.2) is 0 Å². The summed E-state index contributed by atoms with van der Waals surface area (Å²) in [5.41, 5.74) is 1.09. The standard InChI is InChI=1S/C14H20N4S/c1-10(8-12-6-5-7-19-12)18(4)14-11(2)13(15-3)16-9-17-14/h5-7,9-10H,8H2,1-4H3,(H,15,16,17). The Morgan fingerprint density at radius 3 is 2.84 bits per heavy atom. The second-order valence-electron chi connectivity index (χ2n) is 4.66. The summed E-state index contributed by atoms with van der Waals surface area (Å²) in [6.45, 7) is 4.27. The fourth-order valence-corrected chi connectivity index (χ4v) is 2.94. The van der Waals surface area contributed by atoms with Crippen molar-refractivity contribution in [2.75, 3.05) is 24.3 Å². The lowest BCUT2D eigenvalue weighted by Gasteiger charge is -2.27. The molecule has 102 valence electrons. The van der Waals surface area contributed by atoms with Gasteiger partial charge in [-0.05, 0) is 25.3 Å². The van der Waals surface area contributed by atoms with E-state index in [1.54, 1.807) is 17.7 Å². The first-order valence-electron chi connectivity index (χ1n) is 6.38. The Labute approximate surface area is 118 Å². The van der Waals surface area contributed by atoms with Gasteiger partial charge in [0.05, 0.1) is 0 Å². The van der Waals surface area contributed by atoms with Gasteiger partial charge < -0.3 is 10.2 Å². The predicted molar refractivity (Wildman–Crippen MR) is 82.2 cm³/mol. The van der Waals surface area contributed by atoms with Crippen LogP contribution in [0.3, 0.4) is 0 Å². The zero-order valence-electron chi connectivity index (χ0n) is 11.8. The monoisotopic (exact) mass is 276 g/mol. The van der Waals surface area contributed by atoms with Crippen molar-refractivity contribution in [1.82, 2.24) is 9.97 Å². The Morgan fingerprint density at radius 2 is 2.21 bits per heavy atom. The third-order valence-electron chi connectivity index (χ3n) is 3.37. The molecule has 2 aromatic rings. The molecule has 0 saturated heterocycles. The van der Waals surface area contributed by atoms with Crippen LogP contribution in [-0.4, -0.2) is 30.1 Å². The zero-order valence-corrected chi connectivity index (χ0v) is 12.7. The number of likely N-dealkylation sites (N-methyl/N-ethyl adjacent to an activating group) is 1. The van der Waals surface area contributed by atoms with E-state index < -0.39 is 0 Å². The lowest BCUT2D eigenvalue weighted by molar-refractivity contribution is 0.677. The van der Waals surface area contributed by atoms with Crippen LogP contribution in [0, 0.1) is 6.92 Å². The molecule has 19 heavy (non-hydrogen) atoms. The summed E-state index contributed by atoms with van der Waals surface area (Å²) in [5, 5.41) is 5.22. The fraction of sp³-hybridized carbons (Fsp3) is 0.429. The highest BCUT2D eigenvalue weighted by atomic mass is 32.1. The molecule has 1 atom stereocenters. The highest BCUT2D eigenvalue weighted by molar-refractivity contribution is 7.09. The summed E-state index contributed by atoms with van der Waals surface area (Å²) in [7, 11) is 3.97. The van der Waals surface area contributed by atoms with Crippen LogP contribution in [-0.2, 0) is 6.42 Å². The summed E-state index contributed by atoms with van der Waals surface area (Å²) >= 11 is 1.80. The van der Waals surface area contributed by atoms with Crippen LogP contribution in [0.1, 0.15) is 17.4 Å². The van der Waals surface area contributed by atoms with Crippen LogP contribution in [0.4, 0.5) is 11.6 Å². The Balaban J connectivity index is 2.16. The molecule has 0 spiro atoms. The maximum absolute atomic E-state index is 4.42. The predicted octanol–water partition coefficient (Wildman–Crippen LogP) is 2.96. The van der Waals surface area contributed by atoms with Crippen molar-refractivity contribution in [3.05, 3.63) is 34.3 Å². The first kappa shape index (κ1) is 13.8. The maximum atomic E-state index is 4.42. The molecule has 0 bridgehead atoms. The van der Waals surface area contributed by atoms with Crippen molar-refractivity contribution < 1.29 is 0 Å². The van der Waals surface area contributed by atoms with E-state index in [1.807, 2.05) is 7.05 Å². The van der Waals surface area contributed by atoms with E-state index in [9.17, 15) is 0 Å². The average molecular weight is 276 g/mol. The average Bonchev–Trinajstić information content (AvgIpc) is 2.91. The Bertz CT molecular complexity index is 524. The van der Waals surface area contributed by atoms with Gasteiger partial charge >= 0.3 is 0 Å². The van der Waals surface area contributed by atoms with Crippen LogP contribution in [0.5, 0.6) is 0 Å². The number of aromatic nitrogens is 2. The topological polar surface area (TPSA) is 41.1 Å². The van der Waals surface area contributed by atoms with E-state index in [4.69, 9.17) is 0 Å². The van der Waals surface area contributed by atoms with Gasteiger partial charge in [0, 0.05) is 37.0 Å². The SMILES string of the molecule is CNc1ncnc(N(C)C(C)Cc2cccs2)c1C. The third-order valence-corrected chi connectivity index (χ3v) is 4.26. The Hall–Kier alpha value is -1.62. The van der Waals surface area contributed by atoms with E-state index in [0.717, 1.165) is 23.6 Å². The smallest absolute Gasteiger partial charge is 0.137 e. The summed E-state index contributed by atoms with van der Waals surface area (Å²) < 4.78 is 0. The normalized spacial score (nSPS) is 12.2. The van der Waals surface area contributed by atoms with Crippen LogP contribution in [0.15, 0.2) is 23.8 Å². The molecule has 0 fully saturated rings. The molecule has 0 amide bonds. The largest absolute Gasteiger partial charge is 0.373 e. The molecule has 2 rings (SSSR count). The quantitative estimate of drug-likeness (QED) is 0.911. The Morgan fingerprint density at radius 1 is 1.42 bits per heavy atom. The lowest BCUT2D eigenvalue weighted by Crippen LogP contribution is -2.32. The second kappa shape index (κ2) is 6.02. The molecule has 0 aliphatic carbocycles. The minimum absolute atomic E-state index is 0.400. The van der Waals surface area contributed by atoms with Crippen molar-refractivity contribution in [2.24, 2.45) is 0 Å². The fourth-order valence-electron chi connectivity index (χ4n) is 2.11. The first-order valence-corrected chi connectivity index (χ1v) is 7.26. The molecule has 0 aromatic carbocycles. The Kier molecular flexibility index (Phi) is 4.37. The molecule has 0 radical (unpaired) electrons. The third kappa shape index (κ3) is 3.04. The molecule has 0 aliphatic rings. The molecule has 2 heterocycles. The van der Waals surface area contributed by atoms with Crippen LogP contribution >= 0.6 is 11.3 Å². The molecule has 0 aliphatic heterocycles. The van der Waals surface area contributed by atoms with Gasteiger partial charge in [-0.2, -0.15) is 0 Å². The van der Waals surface area contributed by atoms with Gasteiger partial charge in [0.2, 0.25) is 0 Å². The number of rotatable bonds is 5. The van der Waals surface area contributed by atoms with Gasteiger partial charge in [-0.25, -0.2) is 9.97 Å². The minimum atomic E-state index is 0.400. The van der Waals surface area contributed by atoms with Gasteiger partial charge in [-0.1, -0.05) is 6.07 Å². The van der Waals surface area contributed by atoms with Crippen molar-refractivity contribution in [2.45, 2.75) is 26.3 Å². The molecular formula is C14H20N4S. The second-order valence-corrected chi connectivity index (χ2v) is 5.70. The van der Waals surface area contributed by atoms with Gasteiger partial charge in [-0.3, -0.25) is 0 Å². The van der Waals surface area contributed by atoms with Gasteiger partial charge in [-0.15, -0.1) is 11.3 Å². The summed E-state index contributed by atoms with van der Waals surface area (Å²) in [5.74, 6) is 1.88. The van der Waals surface area contributed by atoms with Gasteiger partial charge in [0.25, 0.3) is 0 Å². The molecule has 5 heteroatoms. The number of anilines is 2. The number of nitrogens with zero attached hydrogens (tertiary/aromatic N) is 3. The van der Waals surface area contributed by atoms with Crippen molar-refractivity contribution in [3.63, 3.8) is 0 Å². The molecule has 2 aromatic heterocycles. The van der Waals surface area contributed by atoms with E-state index in [2.05, 4.69) is 58.6 Å². The van der Waals surface area contributed by atoms with Crippen LogP contribution in [0.25, 0.3) is 0 Å². The van der Waals surface area contributed by atoms with E-state index in [0.29, 0.717) is 6.04 Å². The van der Waals surface area contributed by atoms with Gasteiger partial charge in [0.1, 0.15) is 18.0 Å². The van der Waals surface area contributed by atoms with Crippen LogP contribution < -0.4 is 10.2 Å².